The van der Waals surface area contributed by atoms with Crippen molar-refractivity contribution in [2.45, 2.75) is 6.92 Å². The van der Waals surface area contributed by atoms with Gasteiger partial charge in [0.1, 0.15) is 11.6 Å². The lowest BCUT2D eigenvalue weighted by molar-refractivity contribution is 0.887. The average Bonchev–Trinajstić information content (AvgIpc) is 3.21. The molecular formula is C15H14BrN9. The Morgan fingerprint density at radius 1 is 1.12 bits per heavy atom. The average molecular weight is 400 g/mol. The molecule has 3 heterocycles. The minimum atomic E-state index is 0.472. The maximum atomic E-state index is 4.65. The van der Waals surface area contributed by atoms with Crippen molar-refractivity contribution in [3.05, 3.63) is 40.8 Å². The molecule has 0 aliphatic rings. The SMILES string of the molecule is CNc1nc(C)nc(-n2c(Nc3ccn[nH]3)nc3ccc(Br)cc32)n1. The molecule has 10 heteroatoms. The lowest BCUT2D eigenvalue weighted by Gasteiger charge is -2.10. The summed E-state index contributed by atoms with van der Waals surface area (Å²) in [5, 5.41) is 13.0. The fraction of sp³-hybridized carbons (Fsp3) is 0.133. The summed E-state index contributed by atoms with van der Waals surface area (Å²) in [5.74, 6) is 2.87. The Balaban J connectivity index is 1.96. The van der Waals surface area contributed by atoms with Crippen LogP contribution in [0, 0.1) is 6.92 Å². The summed E-state index contributed by atoms with van der Waals surface area (Å²) in [5.41, 5.74) is 1.68. The number of aryl methyl sites for hydroxylation is 1. The number of imidazole rings is 1. The van der Waals surface area contributed by atoms with Gasteiger partial charge < -0.3 is 10.6 Å². The van der Waals surface area contributed by atoms with Crippen LogP contribution >= 0.6 is 15.9 Å². The molecule has 0 aliphatic heterocycles. The first-order chi connectivity index (χ1) is 12.1. The van der Waals surface area contributed by atoms with Crippen LogP contribution in [0.5, 0.6) is 0 Å². The quantitative estimate of drug-likeness (QED) is 0.483. The van der Waals surface area contributed by atoms with Crippen molar-refractivity contribution in [1.82, 2.24) is 34.7 Å². The number of rotatable bonds is 4. The molecule has 9 nitrogen and oxygen atoms in total. The Bertz CT molecular complexity index is 1040. The van der Waals surface area contributed by atoms with Gasteiger partial charge in [-0.25, -0.2) is 9.55 Å². The molecule has 3 aromatic heterocycles. The van der Waals surface area contributed by atoms with Gasteiger partial charge in [0.25, 0.3) is 0 Å². The number of nitrogens with one attached hydrogen (secondary N) is 3. The Hall–Kier alpha value is -3.01. The Kier molecular flexibility index (Phi) is 3.80. The number of hydrogen-bond acceptors (Lipinski definition) is 7. The molecule has 4 rings (SSSR count). The van der Waals surface area contributed by atoms with E-state index >= 15 is 0 Å². The molecule has 25 heavy (non-hydrogen) atoms. The van der Waals surface area contributed by atoms with Crippen LogP contribution in [0.15, 0.2) is 34.9 Å². The predicted molar refractivity (Wildman–Crippen MR) is 98.3 cm³/mol. The van der Waals surface area contributed by atoms with Crippen molar-refractivity contribution >= 4 is 44.7 Å². The third-order valence-electron chi connectivity index (χ3n) is 3.52. The number of halogens is 1. The van der Waals surface area contributed by atoms with Crippen LogP contribution in [0.1, 0.15) is 5.82 Å². The van der Waals surface area contributed by atoms with Gasteiger partial charge in [0.2, 0.25) is 17.8 Å². The lowest BCUT2D eigenvalue weighted by atomic mass is 10.3. The third kappa shape index (κ3) is 2.91. The minimum Gasteiger partial charge on any atom is -0.357 e. The summed E-state index contributed by atoms with van der Waals surface area (Å²) in [7, 11) is 1.77. The smallest absolute Gasteiger partial charge is 0.242 e. The fourth-order valence-electron chi connectivity index (χ4n) is 2.46. The summed E-state index contributed by atoms with van der Waals surface area (Å²) in [4.78, 5) is 17.9. The zero-order valence-electron chi connectivity index (χ0n) is 13.4. The Morgan fingerprint density at radius 2 is 2.00 bits per heavy atom. The van der Waals surface area contributed by atoms with Crippen LogP contribution in [-0.4, -0.2) is 41.7 Å². The highest BCUT2D eigenvalue weighted by Gasteiger charge is 2.17. The zero-order valence-corrected chi connectivity index (χ0v) is 15.0. The monoisotopic (exact) mass is 399 g/mol. The summed E-state index contributed by atoms with van der Waals surface area (Å²) in [6.45, 7) is 1.82. The molecule has 0 spiro atoms. The molecule has 126 valence electrons. The fourth-order valence-corrected chi connectivity index (χ4v) is 2.81. The van der Waals surface area contributed by atoms with E-state index in [-0.39, 0.29) is 0 Å². The maximum absolute atomic E-state index is 4.65. The molecule has 0 amide bonds. The van der Waals surface area contributed by atoms with Gasteiger partial charge in [-0.05, 0) is 25.1 Å². The van der Waals surface area contributed by atoms with E-state index in [9.17, 15) is 0 Å². The topological polar surface area (TPSA) is 109 Å². The standard InChI is InChI=1S/C15H14BrN9/c1-8-19-13(17-2)23-14(20-8)25-11-7-9(16)3-4-10(11)21-15(25)22-12-5-6-18-24-12/h3-7H,1-2H3,(H,17,19,20,23)(H2,18,21,22,24). The van der Waals surface area contributed by atoms with E-state index in [1.807, 2.05) is 35.8 Å². The molecule has 0 fully saturated rings. The molecule has 0 saturated carbocycles. The van der Waals surface area contributed by atoms with Crippen molar-refractivity contribution < 1.29 is 0 Å². The van der Waals surface area contributed by atoms with Gasteiger partial charge in [0.05, 0.1) is 17.2 Å². The molecular weight excluding hydrogens is 386 g/mol. The molecule has 4 aromatic rings. The van der Waals surface area contributed by atoms with E-state index in [1.54, 1.807) is 13.2 Å². The van der Waals surface area contributed by atoms with E-state index in [4.69, 9.17) is 0 Å². The molecule has 1 aromatic carbocycles. The Morgan fingerprint density at radius 3 is 2.76 bits per heavy atom. The molecule has 0 unspecified atom stereocenters. The van der Waals surface area contributed by atoms with Gasteiger partial charge in [-0.2, -0.15) is 20.1 Å². The third-order valence-corrected chi connectivity index (χ3v) is 4.02. The summed E-state index contributed by atoms with van der Waals surface area (Å²) in [6.07, 6.45) is 1.66. The minimum absolute atomic E-state index is 0.472. The van der Waals surface area contributed by atoms with E-state index < -0.39 is 0 Å². The zero-order chi connectivity index (χ0) is 17.4. The van der Waals surface area contributed by atoms with Gasteiger partial charge in [-0.3, -0.25) is 5.10 Å². The van der Waals surface area contributed by atoms with E-state index in [0.29, 0.717) is 23.7 Å². The summed E-state index contributed by atoms with van der Waals surface area (Å²) in [6, 6.07) is 7.66. The first-order valence-corrected chi connectivity index (χ1v) is 8.28. The number of anilines is 3. The van der Waals surface area contributed by atoms with Crippen LogP contribution < -0.4 is 10.6 Å². The first kappa shape index (κ1) is 15.5. The molecule has 0 atom stereocenters. The van der Waals surface area contributed by atoms with Gasteiger partial charge in [0.15, 0.2) is 0 Å². The number of nitrogens with zero attached hydrogens (tertiary/aromatic N) is 6. The highest BCUT2D eigenvalue weighted by molar-refractivity contribution is 9.10. The molecule has 0 saturated heterocycles. The van der Waals surface area contributed by atoms with Crippen LogP contribution in [0.3, 0.4) is 0 Å². The number of H-pyrrole nitrogens is 1. The number of fused-ring (bicyclic) bond motifs is 1. The first-order valence-electron chi connectivity index (χ1n) is 7.49. The highest BCUT2D eigenvalue weighted by Crippen LogP contribution is 2.27. The summed E-state index contributed by atoms with van der Waals surface area (Å²) >= 11 is 3.51. The van der Waals surface area contributed by atoms with E-state index in [0.717, 1.165) is 21.3 Å². The van der Waals surface area contributed by atoms with Crippen molar-refractivity contribution in [2.24, 2.45) is 0 Å². The second-order valence-corrected chi connectivity index (χ2v) is 6.17. The van der Waals surface area contributed by atoms with Crippen LogP contribution in [0.4, 0.5) is 17.7 Å². The molecule has 0 aliphatic carbocycles. The number of hydrogen-bond donors (Lipinski definition) is 3. The van der Waals surface area contributed by atoms with Gasteiger partial charge in [0, 0.05) is 17.6 Å². The lowest BCUT2D eigenvalue weighted by Crippen LogP contribution is -2.10. The normalized spacial score (nSPS) is 11.0. The second-order valence-electron chi connectivity index (χ2n) is 5.26. The van der Waals surface area contributed by atoms with Crippen LogP contribution in [-0.2, 0) is 0 Å². The van der Waals surface area contributed by atoms with Crippen molar-refractivity contribution in [1.29, 1.82) is 0 Å². The number of aromatic nitrogens is 7. The largest absolute Gasteiger partial charge is 0.357 e. The second kappa shape index (κ2) is 6.13. The van der Waals surface area contributed by atoms with Crippen molar-refractivity contribution in [3.63, 3.8) is 0 Å². The van der Waals surface area contributed by atoms with Crippen molar-refractivity contribution in [3.8, 4) is 5.95 Å². The Labute approximate surface area is 151 Å². The number of benzene rings is 1. The molecule has 3 N–H and O–H groups in total. The maximum Gasteiger partial charge on any atom is 0.242 e. The van der Waals surface area contributed by atoms with Crippen LogP contribution in [0.25, 0.3) is 17.0 Å². The van der Waals surface area contributed by atoms with Gasteiger partial charge in [-0.15, -0.1) is 0 Å². The number of aromatic amines is 1. The van der Waals surface area contributed by atoms with E-state index in [2.05, 4.69) is 56.7 Å². The van der Waals surface area contributed by atoms with Gasteiger partial charge >= 0.3 is 0 Å². The predicted octanol–water partition coefficient (Wildman–Crippen LogP) is 2.79. The van der Waals surface area contributed by atoms with Crippen molar-refractivity contribution in [2.75, 3.05) is 17.7 Å². The highest BCUT2D eigenvalue weighted by atomic mass is 79.9. The van der Waals surface area contributed by atoms with Crippen LogP contribution in [0.2, 0.25) is 0 Å². The van der Waals surface area contributed by atoms with Gasteiger partial charge in [-0.1, -0.05) is 15.9 Å². The van der Waals surface area contributed by atoms with E-state index in [1.165, 1.54) is 0 Å². The molecule has 0 radical (unpaired) electrons. The molecule has 0 bridgehead atoms. The summed E-state index contributed by atoms with van der Waals surface area (Å²) < 4.78 is 2.78.